The highest BCUT2D eigenvalue weighted by molar-refractivity contribution is 5.49. The molecule has 0 aliphatic heterocycles. The third-order valence-corrected chi connectivity index (χ3v) is 4.01. The molecule has 1 saturated carbocycles. The first-order valence-corrected chi connectivity index (χ1v) is 6.98. The van der Waals surface area contributed by atoms with Gasteiger partial charge in [0.2, 0.25) is 0 Å². The molecule has 0 amide bonds. The second kappa shape index (κ2) is 4.93. The molecule has 18 heavy (non-hydrogen) atoms. The fourth-order valence-corrected chi connectivity index (χ4v) is 2.64. The normalized spacial score (nSPS) is 17.0. The van der Waals surface area contributed by atoms with Crippen LogP contribution in [0.25, 0.3) is 0 Å². The third kappa shape index (κ3) is 2.54. The van der Waals surface area contributed by atoms with Gasteiger partial charge in [-0.2, -0.15) is 0 Å². The standard InChI is InChI=1S/C16H25NO/c1-5-12-6-7-13(11(2)3)14(15(12)18-4)10-16(17)8-9-16/h6-7,11H,5,8-10,17H2,1-4H3. The highest BCUT2D eigenvalue weighted by atomic mass is 16.5. The highest BCUT2D eigenvalue weighted by Gasteiger charge is 2.39. The van der Waals surface area contributed by atoms with Crippen LogP contribution in [-0.2, 0) is 12.8 Å². The maximum atomic E-state index is 6.31. The molecule has 2 N–H and O–H groups in total. The van der Waals surface area contributed by atoms with Crippen molar-refractivity contribution in [3.05, 3.63) is 28.8 Å². The zero-order chi connectivity index (χ0) is 13.3. The number of aryl methyl sites for hydroxylation is 1. The smallest absolute Gasteiger partial charge is 0.125 e. The SMILES string of the molecule is CCc1ccc(C(C)C)c(CC2(N)CC2)c1OC. The van der Waals surface area contributed by atoms with Gasteiger partial charge in [0, 0.05) is 5.54 Å². The molecule has 0 bridgehead atoms. The molecule has 1 aliphatic rings. The van der Waals surface area contributed by atoms with E-state index in [0.29, 0.717) is 5.92 Å². The summed E-state index contributed by atoms with van der Waals surface area (Å²) in [5.74, 6) is 1.59. The summed E-state index contributed by atoms with van der Waals surface area (Å²) in [6.45, 7) is 6.64. The molecule has 0 heterocycles. The molecule has 2 nitrogen and oxygen atoms in total. The van der Waals surface area contributed by atoms with Crippen molar-refractivity contribution in [3.63, 3.8) is 0 Å². The Balaban J connectivity index is 2.48. The molecule has 2 rings (SSSR count). The zero-order valence-electron chi connectivity index (χ0n) is 12.0. The first-order valence-electron chi connectivity index (χ1n) is 6.98. The van der Waals surface area contributed by atoms with E-state index in [1.807, 2.05) is 0 Å². The van der Waals surface area contributed by atoms with Gasteiger partial charge in [-0.1, -0.05) is 32.9 Å². The van der Waals surface area contributed by atoms with Crippen LogP contribution in [0.3, 0.4) is 0 Å². The first-order chi connectivity index (χ1) is 8.50. The third-order valence-electron chi connectivity index (χ3n) is 4.01. The monoisotopic (exact) mass is 247 g/mol. The number of hydrogen-bond acceptors (Lipinski definition) is 2. The Morgan fingerprint density at radius 2 is 2.00 bits per heavy atom. The molecule has 0 unspecified atom stereocenters. The van der Waals surface area contributed by atoms with E-state index in [9.17, 15) is 0 Å². The minimum atomic E-state index is 0.0310. The van der Waals surface area contributed by atoms with Crippen molar-refractivity contribution in [2.24, 2.45) is 5.73 Å². The van der Waals surface area contributed by atoms with Gasteiger partial charge in [0.15, 0.2) is 0 Å². The Bertz CT molecular complexity index is 433. The molecule has 1 aromatic carbocycles. The predicted molar refractivity (Wildman–Crippen MR) is 76.3 cm³/mol. The second-order valence-corrected chi connectivity index (χ2v) is 5.87. The van der Waals surface area contributed by atoms with Crippen molar-refractivity contribution in [2.75, 3.05) is 7.11 Å². The molecule has 0 saturated heterocycles. The lowest BCUT2D eigenvalue weighted by molar-refractivity contribution is 0.401. The molecular weight excluding hydrogens is 222 g/mol. The van der Waals surface area contributed by atoms with E-state index in [-0.39, 0.29) is 5.54 Å². The molecule has 0 radical (unpaired) electrons. The van der Waals surface area contributed by atoms with Gasteiger partial charge in [-0.3, -0.25) is 0 Å². The summed E-state index contributed by atoms with van der Waals surface area (Å²) in [4.78, 5) is 0. The van der Waals surface area contributed by atoms with Crippen molar-refractivity contribution in [1.29, 1.82) is 0 Å². The molecular formula is C16H25NO. The molecule has 1 aromatic rings. The fraction of sp³-hybridized carbons (Fsp3) is 0.625. The van der Waals surface area contributed by atoms with Crippen LogP contribution in [-0.4, -0.2) is 12.6 Å². The lowest BCUT2D eigenvalue weighted by Crippen LogP contribution is -2.25. The molecule has 0 spiro atoms. The van der Waals surface area contributed by atoms with Gasteiger partial charge < -0.3 is 10.5 Å². The number of rotatable bonds is 5. The minimum absolute atomic E-state index is 0.0310. The van der Waals surface area contributed by atoms with Crippen LogP contribution in [0.1, 0.15) is 56.2 Å². The summed E-state index contributed by atoms with van der Waals surface area (Å²) in [6, 6.07) is 4.46. The molecule has 1 fully saturated rings. The van der Waals surface area contributed by atoms with E-state index in [1.54, 1.807) is 7.11 Å². The van der Waals surface area contributed by atoms with Crippen LogP contribution < -0.4 is 10.5 Å². The van der Waals surface area contributed by atoms with E-state index in [2.05, 4.69) is 32.9 Å². The quantitative estimate of drug-likeness (QED) is 0.865. The van der Waals surface area contributed by atoms with Crippen molar-refractivity contribution in [1.82, 2.24) is 0 Å². The summed E-state index contributed by atoms with van der Waals surface area (Å²) >= 11 is 0. The first kappa shape index (κ1) is 13.4. The van der Waals surface area contributed by atoms with E-state index >= 15 is 0 Å². The van der Waals surface area contributed by atoms with Crippen molar-refractivity contribution in [3.8, 4) is 5.75 Å². The number of methoxy groups -OCH3 is 1. The Hall–Kier alpha value is -1.02. The Morgan fingerprint density at radius 3 is 2.44 bits per heavy atom. The Labute approximate surface area is 111 Å². The van der Waals surface area contributed by atoms with Crippen LogP contribution >= 0.6 is 0 Å². The van der Waals surface area contributed by atoms with Gasteiger partial charge >= 0.3 is 0 Å². The number of benzene rings is 1. The average Bonchev–Trinajstić information content (AvgIpc) is 3.05. The lowest BCUT2D eigenvalue weighted by Gasteiger charge is -2.21. The summed E-state index contributed by atoms with van der Waals surface area (Å²) < 4.78 is 5.68. The second-order valence-electron chi connectivity index (χ2n) is 5.87. The van der Waals surface area contributed by atoms with E-state index in [4.69, 9.17) is 10.5 Å². The van der Waals surface area contributed by atoms with Gasteiger partial charge in [-0.05, 0) is 48.3 Å². The van der Waals surface area contributed by atoms with Crippen LogP contribution in [0, 0.1) is 0 Å². The Kier molecular flexibility index (Phi) is 3.67. The zero-order valence-corrected chi connectivity index (χ0v) is 12.0. The van der Waals surface area contributed by atoms with Gasteiger partial charge in [0.1, 0.15) is 5.75 Å². The lowest BCUT2D eigenvalue weighted by atomic mass is 9.89. The van der Waals surface area contributed by atoms with Gasteiger partial charge in [0.05, 0.1) is 7.11 Å². The number of hydrogen-bond donors (Lipinski definition) is 1. The summed E-state index contributed by atoms with van der Waals surface area (Å²) in [7, 11) is 1.78. The van der Waals surface area contributed by atoms with Crippen molar-refractivity contribution >= 4 is 0 Å². The maximum Gasteiger partial charge on any atom is 0.125 e. The van der Waals surface area contributed by atoms with Gasteiger partial charge in [-0.25, -0.2) is 0 Å². The van der Waals surface area contributed by atoms with Crippen LogP contribution in [0.5, 0.6) is 5.75 Å². The van der Waals surface area contributed by atoms with Gasteiger partial charge in [0.25, 0.3) is 0 Å². The van der Waals surface area contributed by atoms with Crippen molar-refractivity contribution in [2.45, 2.75) is 57.9 Å². The van der Waals surface area contributed by atoms with Crippen LogP contribution in [0.4, 0.5) is 0 Å². The van der Waals surface area contributed by atoms with Crippen LogP contribution in [0.15, 0.2) is 12.1 Å². The fourth-order valence-electron chi connectivity index (χ4n) is 2.64. The molecule has 1 aliphatic carbocycles. The summed E-state index contributed by atoms with van der Waals surface area (Å²) in [6.07, 6.45) is 4.25. The molecule has 100 valence electrons. The van der Waals surface area contributed by atoms with E-state index in [1.165, 1.54) is 16.7 Å². The largest absolute Gasteiger partial charge is 0.496 e. The predicted octanol–water partition coefficient (Wildman–Crippen LogP) is 3.41. The molecule has 0 atom stereocenters. The highest BCUT2D eigenvalue weighted by Crippen LogP contribution is 2.41. The van der Waals surface area contributed by atoms with Crippen LogP contribution in [0.2, 0.25) is 0 Å². The average molecular weight is 247 g/mol. The Morgan fingerprint density at radius 1 is 1.33 bits per heavy atom. The summed E-state index contributed by atoms with van der Waals surface area (Å²) in [5.41, 5.74) is 10.4. The maximum absolute atomic E-state index is 6.31. The van der Waals surface area contributed by atoms with Gasteiger partial charge in [-0.15, -0.1) is 0 Å². The minimum Gasteiger partial charge on any atom is -0.496 e. The summed E-state index contributed by atoms with van der Waals surface area (Å²) in [5, 5.41) is 0. The van der Waals surface area contributed by atoms with E-state index in [0.717, 1.165) is 31.4 Å². The topological polar surface area (TPSA) is 35.2 Å². The van der Waals surface area contributed by atoms with Crippen molar-refractivity contribution < 1.29 is 4.74 Å². The number of ether oxygens (including phenoxy) is 1. The molecule has 0 aromatic heterocycles. The molecule has 2 heteroatoms. The number of nitrogens with two attached hydrogens (primary N) is 1. The van der Waals surface area contributed by atoms with E-state index < -0.39 is 0 Å².